The molecule has 0 aromatic heterocycles. The van der Waals surface area contributed by atoms with Crippen molar-refractivity contribution in [2.75, 3.05) is 26.4 Å². The van der Waals surface area contributed by atoms with Crippen molar-refractivity contribution >= 4 is 18.5 Å². The molecule has 0 bridgehead atoms. The maximum atomic E-state index is 6.94. The summed E-state index contributed by atoms with van der Waals surface area (Å²) in [6.07, 6.45) is 7.14. The lowest BCUT2D eigenvalue weighted by molar-refractivity contribution is -0.0111. The average molecular weight is 611 g/mol. The number of aryl methyl sites for hydroxylation is 2. The SMILES string of the molecule is Cc1cc(P(c2cc(C)cc(C(C)(C)C)c2OCC2CCCCO2)C(C)(C)C)c(OCC2CCCCO2)c(C(C)(C)C)c1. The molecule has 2 heterocycles. The van der Waals surface area contributed by atoms with Crippen LogP contribution < -0.4 is 20.1 Å². The van der Waals surface area contributed by atoms with Crippen molar-refractivity contribution in [3.8, 4) is 11.5 Å². The fourth-order valence-corrected chi connectivity index (χ4v) is 9.49. The Balaban J connectivity index is 1.91. The van der Waals surface area contributed by atoms with Gasteiger partial charge in [-0.2, -0.15) is 0 Å². The summed E-state index contributed by atoms with van der Waals surface area (Å²) in [6, 6.07) is 9.48. The fraction of sp³-hybridized carbons (Fsp3) is 0.684. The van der Waals surface area contributed by atoms with Crippen LogP contribution in [0.3, 0.4) is 0 Å². The van der Waals surface area contributed by atoms with Crippen LogP contribution >= 0.6 is 7.92 Å². The Kier molecular flexibility index (Phi) is 11.0. The van der Waals surface area contributed by atoms with Crippen LogP contribution in [0.5, 0.6) is 11.5 Å². The van der Waals surface area contributed by atoms with Gasteiger partial charge >= 0.3 is 0 Å². The quantitative estimate of drug-likeness (QED) is 0.280. The molecule has 43 heavy (non-hydrogen) atoms. The Hall–Kier alpha value is -1.61. The van der Waals surface area contributed by atoms with E-state index in [0.29, 0.717) is 13.2 Å². The fourth-order valence-electron chi connectivity index (χ4n) is 6.34. The summed E-state index contributed by atoms with van der Waals surface area (Å²) in [6.45, 7) is 28.3. The van der Waals surface area contributed by atoms with Crippen LogP contribution in [0.4, 0.5) is 0 Å². The Morgan fingerprint density at radius 1 is 0.628 bits per heavy atom. The van der Waals surface area contributed by atoms with Crippen LogP contribution in [-0.4, -0.2) is 43.8 Å². The predicted octanol–water partition coefficient (Wildman–Crippen LogP) is 9.03. The van der Waals surface area contributed by atoms with Crippen molar-refractivity contribution < 1.29 is 18.9 Å². The summed E-state index contributed by atoms with van der Waals surface area (Å²) in [5, 5.41) is 2.58. The van der Waals surface area contributed by atoms with E-state index in [1.165, 1.54) is 45.7 Å². The molecule has 4 rings (SSSR count). The average Bonchev–Trinajstić information content (AvgIpc) is 2.91. The highest BCUT2D eigenvalue weighted by atomic mass is 31.1. The highest BCUT2D eigenvalue weighted by Gasteiger charge is 2.37. The van der Waals surface area contributed by atoms with E-state index in [4.69, 9.17) is 18.9 Å². The lowest BCUT2D eigenvalue weighted by Gasteiger charge is -2.38. The van der Waals surface area contributed by atoms with E-state index in [9.17, 15) is 0 Å². The Morgan fingerprint density at radius 2 is 1.02 bits per heavy atom. The summed E-state index contributed by atoms with van der Waals surface area (Å²) < 4.78 is 26.1. The van der Waals surface area contributed by atoms with Crippen LogP contribution in [0.2, 0.25) is 0 Å². The van der Waals surface area contributed by atoms with Gasteiger partial charge in [0.25, 0.3) is 0 Å². The maximum Gasteiger partial charge on any atom is 0.131 e. The van der Waals surface area contributed by atoms with Crippen molar-refractivity contribution in [2.45, 2.75) is 143 Å². The molecule has 2 fully saturated rings. The second-order valence-corrected chi connectivity index (χ2v) is 18.9. The molecular formula is C38H59O4P. The van der Waals surface area contributed by atoms with Crippen molar-refractivity contribution in [1.29, 1.82) is 0 Å². The van der Waals surface area contributed by atoms with Gasteiger partial charge in [0.2, 0.25) is 0 Å². The molecule has 2 aromatic carbocycles. The molecule has 2 aliphatic heterocycles. The van der Waals surface area contributed by atoms with Gasteiger partial charge in [-0.25, -0.2) is 0 Å². The van der Waals surface area contributed by atoms with Crippen molar-refractivity contribution in [3.63, 3.8) is 0 Å². The second kappa shape index (κ2) is 13.8. The van der Waals surface area contributed by atoms with Gasteiger partial charge in [-0.15, -0.1) is 0 Å². The highest BCUT2D eigenvalue weighted by molar-refractivity contribution is 7.74. The van der Waals surface area contributed by atoms with Crippen molar-refractivity contribution in [2.24, 2.45) is 0 Å². The zero-order valence-electron chi connectivity index (χ0n) is 29.1. The number of rotatable bonds is 8. The van der Waals surface area contributed by atoms with Gasteiger partial charge < -0.3 is 18.9 Å². The van der Waals surface area contributed by atoms with Gasteiger partial charge in [0.05, 0.1) is 12.2 Å². The topological polar surface area (TPSA) is 36.9 Å². The van der Waals surface area contributed by atoms with E-state index in [1.807, 2.05) is 0 Å². The summed E-state index contributed by atoms with van der Waals surface area (Å²) in [5.74, 6) is 2.10. The van der Waals surface area contributed by atoms with E-state index < -0.39 is 7.92 Å². The van der Waals surface area contributed by atoms with Crippen LogP contribution in [0.1, 0.15) is 123 Å². The molecule has 0 amide bonds. The third kappa shape index (κ3) is 8.77. The van der Waals surface area contributed by atoms with Gasteiger partial charge in [-0.3, -0.25) is 0 Å². The van der Waals surface area contributed by atoms with Gasteiger partial charge in [0, 0.05) is 34.9 Å². The summed E-state index contributed by atoms with van der Waals surface area (Å²) in [4.78, 5) is 0. The largest absolute Gasteiger partial charge is 0.490 e. The third-order valence-corrected chi connectivity index (χ3v) is 11.5. The van der Waals surface area contributed by atoms with E-state index in [1.54, 1.807) is 0 Å². The Labute approximate surface area is 264 Å². The van der Waals surface area contributed by atoms with E-state index in [-0.39, 0.29) is 28.2 Å². The number of benzene rings is 2. The molecule has 2 unspecified atom stereocenters. The molecule has 4 nitrogen and oxygen atoms in total. The molecule has 2 saturated heterocycles. The normalized spacial score (nSPS) is 21.0. The molecule has 2 aromatic rings. The molecule has 0 aliphatic carbocycles. The maximum absolute atomic E-state index is 6.94. The first-order valence-corrected chi connectivity index (χ1v) is 18.0. The molecule has 0 radical (unpaired) electrons. The summed E-state index contributed by atoms with van der Waals surface area (Å²) in [7, 11) is -0.882. The first-order chi connectivity index (χ1) is 20.1. The summed E-state index contributed by atoms with van der Waals surface area (Å²) in [5.41, 5.74) is 4.97. The molecule has 2 aliphatic rings. The Bertz CT molecular complexity index is 1130. The second-order valence-electron chi connectivity index (χ2n) is 15.9. The predicted molar refractivity (Wildman–Crippen MR) is 184 cm³/mol. The molecule has 0 spiro atoms. The van der Waals surface area contributed by atoms with Crippen molar-refractivity contribution in [3.05, 3.63) is 46.5 Å². The van der Waals surface area contributed by atoms with Gasteiger partial charge in [0.1, 0.15) is 24.7 Å². The molecule has 0 saturated carbocycles. The zero-order valence-corrected chi connectivity index (χ0v) is 30.0. The number of hydrogen-bond acceptors (Lipinski definition) is 4. The standard InChI is InChI=1S/C38H59O4P/c1-26-20-30(36(3,4)5)34(41-24-28-16-12-14-18-39-28)32(22-26)43(38(9,10)11)33-23-27(2)21-31(37(6,7)8)35(33)42-25-29-17-13-15-19-40-29/h20-23,28-29H,12-19,24-25H2,1-11H3. The number of ether oxygens (including phenoxy) is 4. The third-order valence-electron chi connectivity index (χ3n) is 8.57. The molecular weight excluding hydrogens is 551 g/mol. The first kappa shape index (κ1) is 34.3. The lowest BCUT2D eigenvalue weighted by Crippen LogP contribution is -2.34. The van der Waals surface area contributed by atoms with Crippen LogP contribution in [-0.2, 0) is 20.3 Å². The van der Waals surface area contributed by atoms with Gasteiger partial charge in [-0.05, 0) is 99.5 Å². The minimum atomic E-state index is -0.882. The van der Waals surface area contributed by atoms with E-state index in [2.05, 4.69) is 100 Å². The molecule has 2 atom stereocenters. The van der Waals surface area contributed by atoms with Crippen LogP contribution in [0, 0.1) is 13.8 Å². The smallest absolute Gasteiger partial charge is 0.131 e. The minimum absolute atomic E-state index is 0.0415. The lowest BCUT2D eigenvalue weighted by atomic mass is 9.85. The minimum Gasteiger partial charge on any atom is -0.490 e. The molecule has 240 valence electrons. The monoisotopic (exact) mass is 610 g/mol. The van der Waals surface area contributed by atoms with Gasteiger partial charge in [-0.1, -0.05) is 74.4 Å². The van der Waals surface area contributed by atoms with Crippen LogP contribution in [0.15, 0.2) is 24.3 Å². The van der Waals surface area contributed by atoms with Gasteiger partial charge in [0.15, 0.2) is 0 Å². The van der Waals surface area contributed by atoms with E-state index in [0.717, 1.165) is 50.4 Å². The summed E-state index contributed by atoms with van der Waals surface area (Å²) >= 11 is 0. The number of hydrogen-bond donors (Lipinski definition) is 0. The molecule has 0 N–H and O–H groups in total. The van der Waals surface area contributed by atoms with E-state index >= 15 is 0 Å². The molecule has 5 heteroatoms. The van der Waals surface area contributed by atoms with Crippen LogP contribution in [0.25, 0.3) is 0 Å². The zero-order chi connectivity index (χ0) is 31.6. The highest BCUT2D eigenvalue weighted by Crippen LogP contribution is 2.54. The first-order valence-electron chi connectivity index (χ1n) is 16.6. The Morgan fingerprint density at radius 3 is 1.33 bits per heavy atom. The van der Waals surface area contributed by atoms with Crippen molar-refractivity contribution in [1.82, 2.24) is 0 Å².